The van der Waals surface area contributed by atoms with E-state index in [1.807, 2.05) is 13.8 Å². The minimum atomic E-state index is -1.94. The lowest BCUT2D eigenvalue weighted by atomic mass is 10.2. The molecule has 0 saturated carbocycles. The summed E-state index contributed by atoms with van der Waals surface area (Å²) in [6.45, 7) is 15.2. The van der Waals surface area contributed by atoms with Gasteiger partial charge in [0.1, 0.15) is 12.2 Å². The summed E-state index contributed by atoms with van der Waals surface area (Å²) in [5, 5.41) is 0.109. The number of hydrogen-bond acceptors (Lipinski definition) is 3. The largest absolute Gasteiger partial charge is 0.401 e. The average molecular weight is 294 g/mol. The summed E-state index contributed by atoms with van der Waals surface area (Å²) in [6.07, 6.45) is 4.70. The van der Waals surface area contributed by atoms with Gasteiger partial charge in [-0.2, -0.15) is 0 Å². The molecule has 0 aromatic rings. The molecule has 0 spiro atoms. The summed E-state index contributed by atoms with van der Waals surface area (Å²) >= 11 is 0. The second kappa shape index (κ2) is 5.91. The molecule has 0 unspecified atom stereocenters. The molecular weight excluding hydrogens is 268 g/mol. The number of terminal acetylenes is 1. The molecule has 4 heteroatoms. The number of hydrogen-bond donors (Lipinski definition) is 0. The van der Waals surface area contributed by atoms with Gasteiger partial charge >= 0.3 is 0 Å². The van der Waals surface area contributed by atoms with Crippen LogP contribution in [0.25, 0.3) is 0 Å². The van der Waals surface area contributed by atoms with Crippen molar-refractivity contribution in [2.75, 3.05) is 6.61 Å². The minimum absolute atomic E-state index is 0.109. The Bertz CT molecular complexity index is 443. The summed E-state index contributed by atoms with van der Waals surface area (Å²) in [7, 11) is -1.94. The summed E-state index contributed by atoms with van der Waals surface area (Å²) in [6, 6.07) is 0. The van der Waals surface area contributed by atoms with E-state index in [9.17, 15) is 0 Å². The SMILES string of the molecule is C#CC#C[C@H](O[Si](C)(C)C(C)(C)C)[C@H]1COC(C)(C)O1. The van der Waals surface area contributed by atoms with Crippen molar-refractivity contribution in [2.24, 2.45) is 0 Å². The topological polar surface area (TPSA) is 27.7 Å². The van der Waals surface area contributed by atoms with Crippen LogP contribution in [0.4, 0.5) is 0 Å². The Balaban J connectivity index is 2.90. The van der Waals surface area contributed by atoms with Crippen LogP contribution >= 0.6 is 0 Å². The van der Waals surface area contributed by atoms with Gasteiger partial charge < -0.3 is 13.9 Å². The van der Waals surface area contributed by atoms with E-state index in [0.717, 1.165) is 0 Å². The molecule has 3 nitrogen and oxygen atoms in total. The summed E-state index contributed by atoms with van der Waals surface area (Å²) in [5.74, 6) is 7.42. The first-order chi connectivity index (χ1) is 8.98. The Kier molecular flexibility index (Phi) is 5.11. The highest BCUT2D eigenvalue weighted by atomic mass is 28.4. The van der Waals surface area contributed by atoms with Gasteiger partial charge in [-0.15, -0.1) is 6.42 Å². The zero-order valence-corrected chi connectivity index (χ0v) is 14.7. The molecule has 20 heavy (non-hydrogen) atoms. The lowest BCUT2D eigenvalue weighted by Gasteiger charge is -2.39. The van der Waals surface area contributed by atoms with E-state index in [1.165, 1.54) is 0 Å². The van der Waals surface area contributed by atoms with Gasteiger partial charge in [-0.25, -0.2) is 0 Å². The van der Waals surface area contributed by atoms with Crippen LogP contribution in [-0.2, 0) is 13.9 Å². The zero-order valence-electron chi connectivity index (χ0n) is 13.7. The smallest absolute Gasteiger partial charge is 0.193 e. The van der Waals surface area contributed by atoms with E-state index in [0.29, 0.717) is 6.61 Å². The van der Waals surface area contributed by atoms with Crippen LogP contribution in [0.1, 0.15) is 34.6 Å². The average Bonchev–Trinajstić information content (AvgIpc) is 2.63. The number of ether oxygens (including phenoxy) is 2. The predicted octanol–water partition coefficient (Wildman–Crippen LogP) is 3.16. The molecule has 1 fully saturated rings. The van der Waals surface area contributed by atoms with Gasteiger partial charge in [0.15, 0.2) is 14.1 Å². The van der Waals surface area contributed by atoms with E-state index in [2.05, 4.69) is 51.6 Å². The maximum absolute atomic E-state index is 6.35. The van der Waals surface area contributed by atoms with Crippen LogP contribution < -0.4 is 0 Å². The fourth-order valence-electron chi connectivity index (χ4n) is 1.67. The van der Waals surface area contributed by atoms with Crippen LogP contribution in [0.15, 0.2) is 0 Å². The quantitative estimate of drug-likeness (QED) is 0.591. The van der Waals surface area contributed by atoms with Crippen molar-refractivity contribution >= 4 is 8.32 Å². The van der Waals surface area contributed by atoms with E-state index in [1.54, 1.807) is 0 Å². The molecule has 1 aliphatic heterocycles. The van der Waals surface area contributed by atoms with Gasteiger partial charge in [0.05, 0.1) is 6.61 Å². The van der Waals surface area contributed by atoms with Gasteiger partial charge in [-0.1, -0.05) is 26.7 Å². The second-order valence-corrected chi connectivity index (χ2v) is 11.8. The Morgan fingerprint density at radius 3 is 2.35 bits per heavy atom. The molecule has 0 aromatic heterocycles. The third-order valence-electron chi connectivity index (χ3n) is 3.88. The molecule has 0 amide bonds. The summed E-state index contributed by atoms with van der Waals surface area (Å²) < 4.78 is 17.8. The zero-order chi connectivity index (χ0) is 15.6. The van der Waals surface area contributed by atoms with Crippen LogP contribution in [0.2, 0.25) is 18.1 Å². The third kappa shape index (κ3) is 4.36. The molecule has 1 aliphatic rings. The van der Waals surface area contributed by atoms with Gasteiger partial charge in [-0.3, -0.25) is 0 Å². The van der Waals surface area contributed by atoms with Crippen molar-refractivity contribution in [3.05, 3.63) is 0 Å². The van der Waals surface area contributed by atoms with Crippen LogP contribution in [0.5, 0.6) is 0 Å². The molecule has 0 bridgehead atoms. The van der Waals surface area contributed by atoms with Gasteiger partial charge in [0.25, 0.3) is 0 Å². The van der Waals surface area contributed by atoms with E-state index >= 15 is 0 Å². The van der Waals surface area contributed by atoms with Crippen LogP contribution in [0.3, 0.4) is 0 Å². The number of rotatable bonds is 3. The standard InChI is InChI=1S/C16H26O3Si/c1-9-10-11-13(14-12-17-16(5,6)18-14)19-20(7,8)15(2,3)4/h1,13-14H,12H2,2-8H3/t13-,14+/m0/s1. The van der Waals surface area contributed by atoms with E-state index < -0.39 is 14.1 Å². The van der Waals surface area contributed by atoms with Crippen molar-refractivity contribution < 1.29 is 13.9 Å². The molecule has 0 aliphatic carbocycles. The monoisotopic (exact) mass is 294 g/mol. The molecular formula is C16H26O3Si. The van der Waals surface area contributed by atoms with Crippen molar-refractivity contribution in [1.29, 1.82) is 0 Å². The van der Waals surface area contributed by atoms with Gasteiger partial charge in [-0.05, 0) is 43.8 Å². The highest BCUT2D eigenvalue weighted by molar-refractivity contribution is 6.74. The Morgan fingerprint density at radius 2 is 1.95 bits per heavy atom. The fourth-order valence-corrected chi connectivity index (χ4v) is 2.87. The minimum Gasteiger partial charge on any atom is -0.401 e. The van der Waals surface area contributed by atoms with Crippen LogP contribution in [-0.4, -0.2) is 32.9 Å². The van der Waals surface area contributed by atoms with Crippen molar-refractivity contribution in [2.45, 2.75) is 70.7 Å². The summed E-state index contributed by atoms with van der Waals surface area (Å²) in [4.78, 5) is 0. The first kappa shape index (κ1) is 17.3. The Hall–Kier alpha value is -0.783. The maximum atomic E-state index is 6.35. The first-order valence-electron chi connectivity index (χ1n) is 6.94. The van der Waals surface area contributed by atoms with Crippen molar-refractivity contribution in [1.82, 2.24) is 0 Å². The second-order valence-electron chi connectivity index (χ2n) is 7.08. The maximum Gasteiger partial charge on any atom is 0.193 e. The normalized spacial score (nSPS) is 23.6. The molecule has 1 rings (SSSR count). The molecule has 0 N–H and O–H groups in total. The van der Waals surface area contributed by atoms with E-state index in [-0.39, 0.29) is 17.2 Å². The Labute approximate surface area is 124 Å². The first-order valence-corrected chi connectivity index (χ1v) is 9.85. The summed E-state index contributed by atoms with van der Waals surface area (Å²) in [5.41, 5.74) is 0. The molecule has 1 heterocycles. The molecule has 0 radical (unpaired) electrons. The van der Waals surface area contributed by atoms with Gasteiger partial charge in [0, 0.05) is 0 Å². The van der Waals surface area contributed by atoms with Crippen molar-refractivity contribution in [3.8, 4) is 24.2 Å². The highest BCUT2D eigenvalue weighted by Crippen LogP contribution is 2.38. The lowest BCUT2D eigenvalue weighted by Crippen LogP contribution is -2.47. The molecule has 112 valence electrons. The van der Waals surface area contributed by atoms with Crippen molar-refractivity contribution in [3.63, 3.8) is 0 Å². The molecule has 2 atom stereocenters. The highest BCUT2D eigenvalue weighted by Gasteiger charge is 2.44. The van der Waals surface area contributed by atoms with E-state index in [4.69, 9.17) is 20.3 Å². The molecule has 1 saturated heterocycles. The fraction of sp³-hybridized carbons (Fsp3) is 0.750. The van der Waals surface area contributed by atoms with Crippen LogP contribution in [0, 0.1) is 24.2 Å². The lowest BCUT2D eigenvalue weighted by molar-refractivity contribution is -0.145. The third-order valence-corrected chi connectivity index (χ3v) is 8.34. The predicted molar refractivity (Wildman–Crippen MR) is 83.6 cm³/mol. The molecule has 0 aromatic carbocycles. The van der Waals surface area contributed by atoms with Gasteiger partial charge in [0.2, 0.25) is 0 Å². The Morgan fingerprint density at radius 1 is 1.35 bits per heavy atom.